The molecule has 4 heteroatoms. The Balaban J connectivity index is 2.46. The van der Waals surface area contributed by atoms with E-state index in [2.05, 4.69) is 35.1 Å². The van der Waals surface area contributed by atoms with Crippen LogP contribution in [0.15, 0.2) is 24.5 Å². The second-order valence-corrected chi connectivity index (χ2v) is 8.02. The summed E-state index contributed by atoms with van der Waals surface area (Å²) in [6.45, 7) is 7.27. The van der Waals surface area contributed by atoms with E-state index in [0.29, 0.717) is 0 Å². The Bertz CT molecular complexity index is 270. The number of anilines is 1. The van der Waals surface area contributed by atoms with E-state index < -0.39 is 0 Å². The van der Waals surface area contributed by atoms with E-state index in [1.807, 2.05) is 12.4 Å². The first kappa shape index (κ1) is 14.4. The first-order chi connectivity index (χ1) is 8.38. The van der Waals surface area contributed by atoms with Gasteiger partial charge in [0.2, 0.25) is 0 Å². The van der Waals surface area contributed by atoms with Crippen molar-refractivity contribution < 1.29 is 0 Å². The lowest BCUT2D eigenvalue weighted by molar-refractivity contribution is 0.741. The van der Waals surface area contributed by atoms with Crippen molar-refractivity contribution in [3.63, 3.8) is 0 Å². The highest BCUT2D eigenvalue weighted by Crippen LogP contribution is 2.14. The SMILES string of the molecule is C[SiH2]CCCN(CCC[SiH2]C)c1ccncc1. The van der Waals surface area contributed by atoms with Gasteiger partial charge >= 0.3 is 0 Å². The van der Waals surface area contributed by atoms with Gasteiger partial charge in [-0.1, -0.05) is 25.2 Å². The molecule has 1 heterocycles. The summed E-state index contributed by atoms with van der Waals surface area (Å²) in [5.74, 6) is 0. The molecular formula is C13H26N2Si2. The van der Waals surface area contributed by atoms with Crippen molar-refractivity contribution in [3.05, 3.63) is 24.5 Å². The highest BCUT2D eigenvalue weighted by atomic mass is 28.2. The Hall–Kier alpha value is -0.616. The first-order valence-corrected chi connectivity index (χ1v) is 11.9. The van der Waals surface area contributed by atoms with Gasteiger partial charge in [0.25, 0.3) is 0 Å². The van der Waals surface area contributed by atoms with Gasteiger partial charge in [-0.2, -0.15) is 0 Å². The van der Waals surface area contributed by atoms with Crippen LogP contribution in [0.3, 0.4) is 0 Å². The second-order valence-electron chi connectivity index (χ2n) is 4.61. The Morgan fingerprint density at radius 1 is 1.00 bits per heavy atom. The molecule has 0 saturated heterocycles. The van der Waals surface area contributed by atoms with Gasteiger partial charge in [0.1, 0.15) is 0 Å². The molecule has 1 aromatic heterocycles. The lowest BCUT2D eigenvalue weighted by Gasteiger charge is -2.24. The molecule has 1 rings (SSSR count). The predicted molar refractivity (Wildman–Crippen MR) is 84.1 cm³/mol. The van der Waals surface area contributed by atoms with E-state index in [-0.39, 0.29) is 19.0 Å². The molecule has 96 valence electrons. The average molecular weight is 267 g/mol. The number of rotatable bonds is 9. The predicted octanol–water partition coefficient (Wildman–Crippen LogP) is 1.94. The zero-order valence-electron chi connectivity index (χ0n) is 11.4. The number of aromatic nitrogens is 1. The van der Waals surface area contributed by atoms with Crippen molar-refractivity contribution in [2.24, 2.45) is 0 Å². The Labute approximate surface area is 110 Å². The van der Waals surface area contributed by atoms with Gasteiger partial charge in [-0.3, -0.25) is 4.98 Å². The molecule has 1 aromatic rings. The van der Waals surface area contributed by atoms with Crippen LogP contribution >= 0.6 is 0 Å². The highest BCUT2D eigenvalue weighted by Gasteiger charge is 2.05. The van der Waals surface area contributed by atoms with E-state index >= 15 is 0 Å². The summed E-state index contributed by atoms with van der Waals surface area (Å²) in [7, 11) is 0.471. The van der Waals surface area contributed by atoms with Crippen molar-refractivity contribution in [1.82, 2.24) is 4.98 Å². The third-order valence-corrected chi connectivity index (χ3v) is 5.51. The second kappa shape index (κ2) is 9.42. The smallest absolute Gasteiger partial charge is 0.0397 e. The summed E-state index contributed by atoms with van der Waals surface area (Å²) in [5.41, 5.74) is 1.36. The minimum absolute atomic E-state index is 0.235. The molecule has 0 aliphatic rings. The van der Waals surface area contributed by atoms with Crippen molar-refractivity contribution in [3.8, 4) is 0 Å². The minimum atomic E-state index is 0.235. The zero-order valence-corrected chi connectivity index (χ0v) is 14.2. The molecule has 0 N–H and O–H groups in total. The zero-order chi connectivity index (χ0) is 12.3. The molecule has 0 amide bonds. The van der Waals surface area contributed by atoms with Gasteiger partial charge in [0, 0.05) is 50.2 Å². The fourth-order valence-electron chi connectivity index (χ4n) is 2.03. The van der Waals surface area contributed by atoms with E-state index in [1.165, 1.54) is 43.7 Å². The van der Waals surface area contributed by atoms with Crippen molar-refractivity contribution in [2.75, 3.05) is 18.0 Å². The van der Waals surface area contributed by atoms with Crippen LogP contribution in [0.2, 0.25) is 25.2 Å². The van der Waals surface area contributed by atoms with E-state index in [0.717, 1.165) is 0 Å². The summed E-state index contributed by atoms with van der Waals surface area (Å²) >= 11 is 0. The molecule has 0 bridgehead atoms. The van der Waals surface area contributed by atoms with Gasteiger partial charge < -0.3 is 4.90 Å². The van der Waals surface area contributed by atoms with Crippen LogP contribution in [0, 0.1) is 0 Å². The topological polar surface area (TPSA) is 16.1 Å². The quantitative estimate of drug-likeness (QED) is 0.502. The monoisotopic (exact) mass is 266 g/mol. The minimum Gasteiger partial charge on any atom is -0.371 e. The summed E-state index contributed by atoms with van der Waals surface area (Å²) in [6.07, 6.45) is 6.56. The van der Waals surface area contributed by atoms with Gasteiger partial charge in [0.15, 0.2) is 0 Å². The number of hydrogen-bond acceptors (Lipinski definition) is 2. The van der Waals surface area contributed by atoms with Gasteiger partial charge in [0.05, 0.1) is 0 Å². The molecule has 0 saturated carbocycles. The fraction of sp³-hybridized carbons (Fsp3) is 0.615. The lowest BCUT2D eigenvalue weighted by Crippen LogP contribution is -2.25. The van der Waals surface area contributed by atoms with Crippen molar-refractivity contribution in [1.29, 1.82) is 0 Å². The largest absolute Gasteiger partial charge is 0.371 e. The summed E-state index contributed by atoms with van der Waals surface area (Å²) < 4.78 is 0. The van der Waals surface area contributed by atoms with Crippen LogP contribution in [-0.2, 0) is 0 Å². The van der Waals surface area contributed by atoms with Crippen LogP contribution in [0.1, 0.15) is 12.8 Å². The third kappa shape index (κ3) is 6.03. The standard InChI is InChI=1S/C13H26N2Si2/c1-16-11-3-9-15(10-4-12-17-2)13-5-7-14-8-6-13/h5-8H,3-4,9-12,16-17H2,1-2H3. The van der Waals surface area contributed by atoms with Gasteiger partial charge in [-0.25, -0.2) is 0 Å². The van der Waals surface area contributed by atoms with Crippen molar-refractivity contribution in [2.45, 2.75) is 38.0 Å². The lowest BCUT2D eigenvalue weighted by atomic mass is 10.3. The van der Waals surface area contributed by atoms with Crippen molar-refractivity contribution >= 4 is 24.7 Å². The molecule has 0 unspecified atom stereocenters. The normalized spacial score (nSPS) is 11.9. The molecule has 0 spiro atoms. The Morgan fingerprint density at radius 2 is 1.53 bits per heavy atom. The first-order valence-electron chi connectivity index (χ1n) is 7.03. The molecule has 0 aliphatic heterocycles. The summed E-state index contributed by atoms with van der Waals surface area (Å²) in [5, 5.41) is 0. The Morgan fingerprint density at radius 3 is 2.00 bits per heavy atom. The molecule has 0 atom stereocenters. The number of nitrogens with zero attached hydrogens (tertiary/aromatic N) is 2. The number of pyridine rings is 1. The fourth-order valence-corrected chi connectivity index (χ4v) is 3.48. The maximum absolute atomic E-state index is 4.11. The molecule has 17 heavy (non-hydrogen) atoms. The average Bonchev–Trinajstić information content (AvgIpc) is 2.38. The van der Waals surface area contributed by atoms with Crippen LogP contribution in [0.5, 0.6) is 0 Å². The Kier molecular flexibility index (Phi) is 8.00. The third-order valence-electron chi connectivity index (χ3n) is 3.09. The molecular weight excluding hydrogens is 240 g/mol. The van der Waals surface area contributed by atoms with E-state index in [9.17, 15) is 0 Å². The summed E-state index contributed by atoms with van der Waals surface area (Å²) in [6, 6.07) is 7.24. The van der Waals surface area contributed by atoms with E-state index in [4.69, 9.17) is 0 Å². The maximum atomic E-state index is 4.11. The summed E-state index contributed by atoms with van der Waals surface area (Å²) in [4.78, 5) is 6.66. The molecule has 2 nitrogen and oxygen atoms in total. The van der Waals surface area contributed by atoms with Crippen LogP contribution in [-0.4, -0.2) is 37.1 Å². The maximum Gasteiger partial charge on any atom is 0.0397 e. The van der Waals surface area contributed by atoms with Gasteiger partial charge in [-0.15, -0.1) is 0 Å². The van der Waals surface area contributed by atoms with Crippen LogP contribution < -0.4 is 4.90 Å². The van der Waals surface area contributed by atoms with Crippen LogP contribution in [0.25, 0.3) is 0 Å². The molecule has 0 fully saturated rings. The van der Waals surface area contributed by atoms with Crippen LogP contribution in [0.4, 0.5) is 5.69 Å². The molecule has 0 aromatic carbocycles. The molecule has 0 radical (unpaired) electrons. The van der Waals surface area contributed by atoms with E-state index in [1.54, 1.807) is 0 Å². The highest BCUT2D eigenvalue weighted by molar-refractivity contribution is 6.33. The van der Waals surface area contributed by atoms with Gasteiger partial charge in [-0.05, 0) is 25.0 Å². The molecule has 0 aliphatic carbocycles. The number of hydrogen-bond donors (Lipinski definition) is 0.